The number of ether oxygens (including phenoxy) is 2. The van der Waals surface area contributed by atoms with Gasteiger partial charge in [-0.1, -0.05) is 13.8 Å². The van der Waals surface area contributed by atoms with Crippen LogP contribution in [0, 0.1) is 5.92 Å². The Morgan fingerprint density at radius 3 is 2.11 bits per heavy atom. The molecule has 0 fully saturated rings. The van der Waals surface area contributed by atoms with E-state index in [-0.39, 0.29) is 17.7 Å². The predicted molar refractivity (Wildman–Crippen MR) is 104 cm³/mol. The van der Waals surface area contributed by atoms with Gasteiger partial charge in [-0.15, -0.1) is 0 Å². The maximum absolute atomic E-state index is 12.5. The van der Waals surface area contributed by atoms with Crippen molar-refractivity contribution in [1.82, 2.24) is 4.98 Å². The first-order chi connectivity index (χ1) is 13.0. The van der Waals surface area contributed by atoms with Gasteiger partial charge in [-0.2, -0.15) is 0 Å². The number of rotatable bonds is 8. The zero-order valence-corrected chi connectivity index (χ0v) is 16.0. The van der Waals surface area contributed by atoms with E-state index in [1.807, 2.05) is 27.7 Å². The van der Waals surface area contributed by atoms with Crippen molar-refractivity contribution < 1.29 is 19.1 Å². The van der Waals surface area contributed by atoms with Crippen LogP contribution in [0.3, 0.4) is 0 Å². The van der Waals surface area contributed by atoms with E-state index >= 15 is 0 Å². The minimum Gasteiger partial charge on any atom is -0.492 e. The van der Waals surface area contributed by atoms with Gasteiger partial charge < -0.3 is 20.1 Å². The van der Waals surface area contributed by atoms with Gasteiger partial charge in [0.05, 0.1) is 30.2 Å². The van der Waals surface area contributed by atoms with E-state index in [1.54, 1.807) is 30.5 Å². The lowest BCUT2D eigenvalue weighted by Crippen LogP contribution is -2.19. The van der Waals surface area contributed by atoms with Gasteiger partial charge in [0.1, 0.15) is 11.5 Å². The zero-order chi connectivity index (χ0) is 19.8. The lowest BCUT2D eigenvalue weighted by Gasteiger charge is -2.18. The van der Waals surface area contributed by atoms with E-state index in [1.165, 1.54) is 6.20 Å². The molecule has 0 radical (unpaired) electrons. The van der Waals surface area contributed by atoms with Gasteiger partial charge in [0.15, 0.2) is 0 Å². The van der Waals surface area contributed by atoms with Crippen molar-refractivity contribution in [1.29, 1.82) is 0 Å². The number of aromatic nitrogens is 1. The van der Waals surface area contributed by atoms with Crippen LogP contribution in [0.2, 0.25) is 0 Å². The zero-order valence-electron chi connectivity index (χ0n) is 16.0. The first-order valence-electron chi connectivity index (χ1n) is 8.92. The number of amides is 2. The smallest absolute Gasteiger partial charge is 0.257 e. The van der Waals surface area contributed by atoms with Crippen LogP contribution < -0.4 is 20.1 Å². The summed E-state index contributed by atoms with van der Waals surface area (Å²) in [5.74, 6) is 0.268. The maximum atomic E-state index is 12.5. The van der Waals surface area contributed by atoms with Gasteiger partial charge in [0.25, 0.3) is 5.91 Å². The fourth-order valence-electron chi connectivity index (χ4n) is 2.27. The highest BCUT2D eigenvalue weighted by Crippen LogP contribution is 2.37. The minimum absolute atomic E-state index is 0.134. The molecule has 0 saturated carbocycles. The quantitative estimate of drug-likeness (QED) is 0.738. The fourth-order valence-corrected chi connectivity index (χ4v) is 2.27. The second-order valence-electron chi connectivity index (χ2n) is 6.05. The highest BCUT2D eigenvalue weighted by Gasteiger charge is 2.17. The summed E-state index contributed by atoms with van der Waals surface area (Å²) in [6.07, 6.45) is 3.08. The van der Waals surface area contributed by atoms with Crippen molar-refractivity contribution >= 4 is 23.2 Å². The van der Waals surface area contributed by atoms with Gasteiger partial charge in [-0.3, -0.25) is 14.6 Å². The topological polar surface area (TPSA) is 89.5 Å². The molecule has 1 aromatic heterocycles. The number of hydrogen-bond acceptors (Lipinski definition) is 5. The molecule has 27 heavy (non-hydrogen) atoms. The van der Waals surface area contributed by atoms with Crippen LogP contribution in [-0.4, -0.2) is 30.0 Å². The molecule has 2 rings (SSSR count). The van der Waals surface area contributed by atoms with Crippen molar-refractivity contribution in [2.45, 2.75) is 27.7 Å². The Morgan fingerprint density at radius 1 is 1.04 bits per heavy atom. The predicted octanol–water partition coefficient (Wildman–Crippen LogP) is 3.73. The molecule has 144 valence electrons. The second-order valence-corrected chi connectivity index (χ2v) is 6.05. The minimum atomic E-state index is -0.314. The van der Waals surface area contributed by atoms with Gasteiger partial charge in [-0.25, -0.2) is 0 Å². The van der Waals surface area contributed by atoms with Crippen molar-refractivity contribution in [2.75, 3.05) is 23.8 Å². The molecular weight excluding hydrogens is 346 g/mol. The van der Waals surface area contributed by atoms with Crippen LogP contribution in [0.4, 0.5) is 11.4 Å². The molecule has 0 spiro atoms. The Kier molecular flexibility index (Phi) is 7.16. The summed E-state index contributed by atoms with van der Waals surface area (Å²) in [6, 6.07) is 6.67. The largest absolute Gasteiger partial charge is 0.492 e. The van der Waals surface area contributed by atoms with Crippen LogP contribution >= 0.6 is 0 Å². The Labute approximate surface area is 159 Å². The highest BCUT2D eigenvalue weighted by molar-refractivity contribution is 6.05. The molecule has 0 aliphatic rings. The Morgan fingerprint density at radius 2 is 1.63 bits per heavy atom. The first kappa shape index (κ1) is 20.2. The Balaban J connectivity index is 2.38. The average molecular weight is 371 g/mol. The normalized spacial score (nSPS) is 10.4. The molecule has 0 aliphatic carbocycles. The molecule has 2 amide bonds. The van der Waals surface area contributed by atoms with Crippen LogP contribution in [0.25, 0.3) is 0 Å². The molecule has 0 aliphatic heterocycles. The van der Waals surface area contributed by atoms with Crippen molar-refractivity contribution in [2.24, 2.45) is 5.92 Å². The maximum Gasteiger partial charge on any atom is 0.257 e. The second kappa shape index (κ2) is 9.56. The molecule has 7 heteroatoms. The summed E-state index contributed by atoms with van der Waals surface area (Å²) in [5, 5.41) is 5.66. The number of benzene rings is 1. The van der Waals surface area contributed by atoms with E-state index in [9.17, 15) is 9.59 Å². The summed E-state index contributed by atoms with van der Waals surface area (Å²) in [4.78, 5) is 28.5. The van der Waals surface area contributed by atoms with Crippen LogP contribution in [-0.2, 0) is 4.79 Å². The van der Waals surface area contributed by atoms with E-state index in [2.05, 4.69) is 15.6 Å². The summed E-state index contributed by atoms with van der Waals surface area (Å²) in [7, 11) is 0. The van der Waals surface area contributed by atoms with Crippen molar-refractivity contribution in [3.63, 3.8) is 0 Å². The summed E-state index contributed by atoms with van der Waals surface area (Å²) < 4.78 is 11.3. The van der Waals surface area contributed by atoms with Gasteiger partial charge in [-0.05, 0) is 26.0 Å². The third kappa shape index (κ3) is 5.44. The van der Waals surface area contributed by atoms with E-state index < -0.39 is 0 Å². The van der Waals surface area contributed by atoms with Crippen LogP contribution in [0.1, 0.15) is 38.1 Å². The summed E-state index contributed by atoms with van der Waals surface area (Å²) in [6.45, 7) is 8.12. The number of nitrogens with one attached hydrogen (secondary N) is 2. The lowest BCUT2D eigenvalue weighted by atomic mass is 10.1. The van der Waals surface area contributed by atoms with Crippen molar-refractivity contribution in [3.8, 4) is 11.5 Å². The monoisotopic (exact) mass is 371 g/mol. The molecule has 0 atom stereocenters. The molecule has 0 unspecified atom stereocenters. The number of anilines is 2. The number of carbonyl (C=O) groups excluding carboxylic acids is 2. The molecule has 2 aromatic rings. The van der Waals surface area contributed by atoms with Gasteiger partial charge in [0, 0.05) is 30.4 Å². The molecule has 0 saturated heterocycles. The number of carbonyl (C=O) groups is 2. The average Bonchev–Trinajstić information content (AvgIpc) is 2.65. The molecule has 1 heterocycles. The molecule has 2 N–H and O–H groups in total. The first-order valence-corrected chi connectivity index (χ1v) is 8.92. The fraction of sp³-hybridized carbons (Fsp3) is 0.350. The van der Waals surface area contributed by atoms with Crippen LogP contribution in [0.15, 0.2) is 36.7 Å². The number of nitrogens with zero attached hydrogens (tertiary/aromatic N) is 1. The third-order valence-electron chi connectivity index (χ3n) is 3.64. The van der Waals surface area contributed by atoms with Gasteiger partial charge >= 0.3 is 0 Å². The summed E-state index contributed by atoms with van der Waals surface area (Å²) >= 11 is 0. The summed E-state index contributed by atoms with van der Waals surface area (Å²) in [5.41, 5.74) is 1.38. The Bertz CT molecular complexity index is 791. The lowest BCUT2D eigenvalue weighted by molar-refractivity contribution is -0.118. The van der Waals surface area contributed by atoms with E-state index in [4.69, 9.17) is 9.47 Å². The highest BCUT2D eigenvalue weighted by atomic mass is 16.5. The van der Waals surface area contributed by atoms with E-state index in [0.29, 0.717) is 41.7 Å². The number of pyridine rings is 1. The van der Waals surface area contributed by atoms with E-state index in [0.717, 1.165) is 0 Å². The SMILES string of the molecule is CCOc1cc(NC(=O)C(C)C)c(OCC)cc1NC(=O)c1cccnc1. The standard InChI is InChI=1S/C20H25N3O4/c1-5-26-17-11-16(23-20(25)14-8-7-9-21-12-14)18(27-6-2)10-15(17)22-19(24)13(3)4/h7-13H,5-6H2,1-4H3,(H,22,24)(H,23,25). The molecular formula is C20H25N3O4. The van der Waals surface area contributed by atoms with Gasteiger partial charge in [0.2, 0.25) is 5.91 Å². The Hall–Kier alpha value is -3.09. The molecule has 0 bridgehead atoms. The third-order valence-corrected chi connectivity index (χ3v) is 3.64. The molecule has 7 nitrogen and oxygen atoms in total. The van der Waals surface area contributed by atoms with Crippen molar-refractivity contribution in [3.05, 3.63) is 42.2 Å². The number of hydrogen-bond donors (Lipinski definition) is 2. The molecule has 1 aromatic carbocycles. The van der Waals surface area contributed by atoms with Crippen LogP contribution in [0.5, 0.6) is 11.5 Å².